The maximum atomic E-state index is 13.2. The minimum absolute atomic E-state index is 0.0629. The first-order valence-corrected chi connectivity index (χ1v) is 13.4. The van der Waals surface area contributed by atoms with Crippen molar-refractivity contribution in [3.8, 4) is 0 Å². The van der Waals surface area contributed by atoms with E-state index in [1.54, 1.807) is 24.3 Å². The third-order valence-electron chi connectivity index (χ3n) is 6.06. The van der Waals surface area contributed by atoms with E-state index in [0.717, 1.165) is 35.2 Å². The molecule has 0 bridgehead atoms. The van der Waals surface area contributed by atoms with Crippen molar-refractivity contribution in [3.05, 3.63) is 48.3 Å². The number of aromatic amines is 1. The van der Waals surface area contributed by atoms with Gasteiger partial charge in [-0.2, -0.15) is 0 Å². The van der Waals surface area contributed by atoms with Crippen LogP contribution in [0, 0.1) is 0 Å². The Kier molecular flexibility index (Phi) is 6.70. The smallest absolute Gasteiger partial charge is 0.270 e. The van der Waals surface area contributed by atoms with Crippen molar-refractivity contribution >= 4 is 44.0 Å². The van der Waals surface area contributed by atoms with Crippen molar-refractivity contribution in [2.45, 2.75) is 26.8 Å². The molecule has 3 heterocycles. The number of hydrogen-bond acceptors (Lipinski definition) is 6. The summed E-state index contributed by atoms with van der Waals surface area (Å²) in [5.74, 6) is 0.897. The van der Waals surface area contributed by atoms with Gasteiger partial charge in [0.05, 0.1) is 11.9 Å². The average Bonchev–Trinajstić information content (AvgIpc) is 3.22. The quantitative estimate of drug-likeness (QED) is 0.534. The van der Waals surface area contributed by atoms with Crippen LogP contribution in [0.3, 0.4) is 0 Å². The third kappa shape index (κ3) is 5.11. The van der Waals surface area contributed by atoms with Crippen LogP contribution in [0.4, 0.5) is 17.2 Å². The molecule has 0 radical (unpaired) electrons. The van der Waals surface area contributed by atoms with Crippen molar-refractivity contribution in [3.63, 3.8) is 0 Å². The van der Waals surface area contributed by atoms with E-state index in [1.165, 1.54) is 0 Å². The largest absolute Gasteiger partial charge is 0.366 e. The lowest BCUT2D eigenvalue weighted by atomic mass is 10.2. The molecule has 1 fully saturated rings. The number of hydrogen-bond donors (Lipinski definition) is 2. The van der Waals surface area contributed by atoms with Gasteiger partial charge >= 0.3 is 0 Å². The molecular formula is C24H32N6O3S. The Bertz CT molecular complexity index is 1280. The molecule has 1 saturated heterocycles. The molecule has 0 aliphatic carbocycles. The minimum atomic E-state index is -3.36. The number of nitrogens with zero attached hydrogens (tertiary/aromatic N) is 4. The van der Waals surface area contributed by atoms with E-state index in [0.29, 0.717) is 43.6 Å². The lowest BCUT2D eigenvalue weighted by Crippen LogP contribution is -2.49. The Morgan fingerprint density at radius 3 is 2.56 bits per heavy atom. The summed E-state index contributed by atoms with van der Waals surface area (Å²) in [4.78, 5) is 27.4. The highest BCUT2D eigenvalue weighted by Gasteiger charge is 2.26. The lowest BCUT2D eigenvalue weighted by Gasteiger charge is -2.38. The zero-order valence-corrected chi connectivity index (χ0v) is 20.9. The van der Waals surface area contributed by atoms with Gasteiger partial charge in [0.2, 0.25) is 10.0 Å². The Morgan fingerprint density at radius 1 is 1.18 bits per heavy atom. The molecule has 10 heteroatoms. The fourth-order valence-electron chi connectivity index (χ4n) is 4.49. The SMILES string of the molecule is CCN(c1cccnc1N1CCN(C(=O)c2cc3cc(NS(C)(=O)=O)ccc3[nH]2)CC1)C(C)C. The fourth-order valence-corrected chi connectivity index (χ4v) is 5.04. The predicted molar refractivity (Wildman–Crippen MR) is 137 cm³/mol. The van der Waals surface area contributed by atoms with Gasteiger partial charge in [-0.25, -0.2) is 13.4 Å². The van der Waals surface area contributed by atoms with Crippen LogP contribution >= 0.6 is 0 Å². The van der Waals surface area contributed by atoms with Crippen molar-refractivity contribution in [1.82, 2.24) is 14.9 Å². The van der Waals surface area contributed by atoms with E-state index in [2.05, 4.69) is 51.3 Å². The van der Waals surface area contributed by atoms with Gasteiger partial charge in [-0.3, -0.25) is 9.52 Å². The average molecular weight is 485 g/mol. The molecule has 1 aliphatic heterocycles. The summed E-state index contributed by atoms with van der Waals surface area (Å²) in [5.41, 5.74) is 2.87. The van der Waals surface area contributed by atoms with Crippen LogP contribution in [0.5, 0.6) is 0 Å². The van der Waals surface area contributed by atoms with Crippen molar-refractivity contribution in [1.29, 1.82) is 0 Å². The summed E-state index contributed by atoms with van der Waals surface area (Å²) < 4.78 is 25.5. The fraction of sp³-hybridized carbons (Fsp3) is 0.417. The van der Waals surface area contributed by atoms with Crippen molar-refractivity contribution in [2.24, 2.45) is 0 Å². The number of aromatic nitrogens is 2. The molecule has 182 valence electrons. The van der Waals surface area contributed by atoms with Crippen molar-refractivity contribution < 1.29 is 13.2 Å². The van der Waals surface area contributed by atoms with Crippen LogP contribution in [0.1, 0.15) is 31.3 Å². The normalized spacial score (nSPS) is 14.6. The zero-order chi connectivity index (χ0) is 24.5. The Labute approximate surface area is 200 Å². The number of carbonyl (C=O) groups is 1. The number of piperazine rings is 1. The first-order valence-electron chi connectivity index (χ1n) is 11.5. The molecule has 4 rings (SSSR count). The second kappa shape index (κ2) is 9.54. The van der Waals surface area contributed by atoms with E-state index in [1.807, 2.05) is 17.2 Å². The van der Waals surface area contributed by atoms with Crippen LogP contribution in [0.25, 0.3) is 10.9 Å². The number of pyridine rings is 1. The highest BCUT2D eigenvalue weighted by molar-refractivity contribution is 7.92. The number of carbonyl (C=O) groups excluding carboxylic acids is 1. The summed E-state index contributed by atoms with van der Waals surface area (Å²) >= 11 is 0. The molecule has 1 amide bonds. The molecule has 0 atom stereocenters. The highest BCUT2D eigenvalue weighted by atomic mass is 32.2. The molecule has 2 aromatic heterocycles. The molecule has 9 nitrogen and oxygen atoms in total. The van der Waals surface area contributed by atoms with Gasteiger partial charge in [0, 0.05) is 61.6 Å². The van der Waals surface area contributed by atoms with Gasteiger partial charge in [-0.05, 0) is 57.2 Å². The standard InChI is InChI=1S/C24H32N6O3S/c1-5-30(17(2)3)22-7-6-10-25-23(22)28-11-13-29(14-12-28)24(31)21-16-18-15-19(27-34(4,32)33)8-9-20(18)26-21/h6-10,15-17,26-27H,5,11-14H2,1-4H3. The maximum absolute atomic E-state index is 13.2. The number of benzene rings is 1. The molecule has 0 unspecified atom stereocenters. The topological polar surface area (TPSA) is 102 Å². The van der Waals surface area contributed by atoms with E-state index >= 15 is 0 Å². The maximum Gasteiger partial charge on any atom is 0.270 e. The number of anilines is 3. The molecular weight excluding hydrogens is 452 g/mol. The van der Waals surface area contributed by atoms with Crippen LogP contribution in [0.2, 0.25) is 0 Å². The van der Waals surface area contributed by atoms with E-state index in [-0.39, 0.29) is 5.91 Å². The first-order chi connectivity index (χ1) is 16.2. The number of fused-ring (bicyclic) bond motifs is 1. The number of H-pyrrole nitrogens is 1. The molecule has 3 aromatic rings. The van der Waals surface area contributed by atoms with Crippen LogP contribution in [-0.4, -0.2) is 74.2 Å². The number of sulfonamides is 1. The summed E-state index contributed by atoms with van der Waals surface area (Å²) in [6.07, 6.45) is 2.93. The molecule has 0 saturated carbocycles. The molecule has 1 aromatic carbocycles. The zero-order valence-electron chi connectivity index (χ0n) is 20.1. The minimum Gasteiger partial charge on any atom is -0.366 e. The van der Waals surface area contributed by atoms with Crippen molar-refractivity contribution in [2.75, 3.05) is 53.5 Å². The highest BCUT2D eigenvalue weighted by Crippen LogP contribution is 2.29. The number of rotatable bonds is 7. The predicted octanol–water partition coefficient (Wildman–Crippen LogP) is 3.13. The van der Waals surface area contributed by atoms with Crippen LogP contribution in [0.15, 0.2) is 42.6 Å². The molecule has 1 aliphatic rings. The van der Waals surface area contributed by atoms with Gasteiger partial charge in [0.25, 0.3) is 5.91 Å². The van der Waals surface area contributed by atoms with Crippen LogP contribution in [-0.2, 0) is 10.0 Å². The molecule has 0 spiro atoms. The van der Waals surface area contributed by atoms with Gasteiger partial charge in [0.1, 0.15) is 5.69 Å². The Balaban J connectivity index is 1.47. The number of amides is 1. The summed E-state index contributed by atoms with van der Waals surface area (Å²) in [6.45, 7) is 10.00. The summed E-state index contributed by atoms with van der Waals surface area (Å²) in [5, 5.41) is 0.780. The monoisotopic (exact) mass is 484 g/mol. The van der Waals surface area contributed by atoms with E-state index in [9.17, 15) is 13.2 Å². The molecule has 34 heavy (non-hydrogen) atoms. The Hall–Kier alpha value is -3.27. The number of nitrogens with one attached hydrogen (secondary N) is 2. The van der Waals surface area contributed by atoms with Gasteiger partial charge < -0.3 is 19.7 Å². The Morgan fingerprint density at radius 2 is 1.91 bits per heavy atom. The van der Waals surface area contributed by atoms with Gasteiger partial charge in [0.15, 0.2) is 5.82 Å². The summed E-state index contributed by atoms with van der Waals surface area (Å²) in [7, 11) is -3.36. The van der Waals surface area contributed by atoms with Gasteiger partial charge in [-0.15, -0.1) is 0 Å². The summed E-state index contributed by atoms with van der Waals surface area (Å²) in [6, 6.07) is 11.4. The third-order valence-corrected chi connectivity index (χ3v) is 6.67. The van der Waals surface area contributed by atoms with E-state index in [4.69, 9.17) is 0 Å². The van der Waals surface area contributed by atoms with E-state index < -0.39 is 10.0 Å². The lowest BCUT2D eigenvalue weighted by molar-refractivity contribution is 0.0741. The first kappa shape index (κ1) is 23.9. The van der Waals surface area contributed by atoms with Gasteiger partial charge in [-0.1, -0.05) is 0 Å². The second-order valence-corrected chi connectivity index (χ2v) is 10.6. The molecule has 2 N–H and O–H groups in total. The second-order valence-electron chi connectivity index (χ2n) is 8.86. The van der Waals surface area contributed by atoms with Crippen LogP contribution < -0.4 is 14.5 Å².